The second-order valence-corrected chi connectivity index (χ2v) is 6.67. The highest BCUT2D eigenvalue weighted by Crippen LogP contribution is 2.20. The maximum absolute atomic E-state index is 12.1. The number of morpholine rings is 1. The molecule has 3 saturated heterocycles. The van der Waals surface area contributed by atoms with Crippen molar-refractivity contribution < 1.29 is 19.2 Å². The highest BCUT2D eigenvalue weighted by atomic mass is 16.5. The first-order valence-electron chi connectivity index (χ1n) is 8.62. The molecule has 1 amide bonds. The van der Waals surface area contributed by atoms with Gasteiger partial charge in [0.1, 0.15) is 6.61 Å². The van der Waals surface area contributed by atoms with Gasteiger partial charge >= 0.3 is 0 Å². The lowest BCUT2D eigenvalue weighted by atomic mass is 9.84. The third kappa shape index (κ3) is 3.96. The maximum Gasteiger partial charge on any atom is 0.248 e. The Balaban J connectivity index is 1.40. The van der Waals surface area contributed by atoms with Gasteiger partial charge in [-0.25, -0.2) is 0 Å². The van der Waals surface area contributed by atoms with E-state index in [-0.39, 0.29) is 12.5 Å². The molecule has 3 aliphatic rings. The molecule has 0 spiro atoms. The van der Waals surface area contributed by atoms with Crippen LogP contribution in [0.4, 0.5) is 0 Å². The number of amides is 1. The van der Waals surface area contributed by atoms with Crippen LogP contribution in [0.5, 0.6) is 0 Å². The molecular formula is C16H29N2O3+. The second kappa shape index (κ2) is 7.56. The molecule has 3 aliphatic heterocycles. The highest BCUT2D eigenvalue weighted by Gasteiger charge is 2.36. The van der Waals surface area contributed by atoms with Crippen molar-refractivity contribution in [3.8, 4) is 0 Å². The van der Waals surface area contributed by atoms with Crippen molar-refractivity contribution >= 4 is 5.91 Å². The molecule has 3 atom stereocenters. The van der Waals surface area contributed by atoms with Gasteiger partial charge in [0.15, 0.2) is 0 Å². The average molecular weight is 297 g/mol. The van der Waals surface area contributed by atoms with Crippen LogP contribution in [-0.2, 0) is 14.3 Å². The normalized spacial score (nSPS) is 33.5. The van der Waals surface area contributed by atoms with Gasteiger partial charge < -0.3 is 19.3 Å². The summed E-state index contributed by atoms with van der Waals surface area (Å²) in [7, 11) is 0. The number of ether oxygens (including phenoxy) is 2. The van der Waals surface area contributed by atoms with Crippen LogP contribution < -0.4 is 4.90 Å². The third-order valence-electron chi connectivity index (χ3n) is 5.35. The number of rotatable bonds is 4. The summed E-state index contributed by atoms with van der Waals surface area (Å²) in [5, 5.41) is 0. The van der Waals surface area contributed by atoms with Crippen molar-refractivity contribution in [3.05, 3.63) is 0 Å². The zero-order chi connectivity index (χ0) is 14.5. The average Bonchev–Trinajstić information content (AvgIpc) is 2.56. The minimum absolute atomic E-state index is 0.127. The van der Waals surface area contributed by atoms with Crippen molar-refractivity contribution in [2.75, 3.05) is 52.6 Å². The van der Waals surface area contributed by atoms with E-state index >= 15 is 0 Å². The second-order valence-electron chi connectivity index (χ2n) is 6.67. The number of hydrogen-bond acceptors (Lipinski definition) is 3. The van der Waals surface area contributed by atoms with Crippen LogP contribution in [0.15, 0.2) is 0 Å². The van der Waals surface area contributed by atoms with Crippen LogP contribution in [-0.4, -0.2) is 69.5 Å². The summed E-state index contributed by atoms with van der Waals surface area (Å²) in [6.45, 7) is 6.45. The van der Waals surface area contributed by atoms with Gasteiger partial charge in [-0.3, -0.25) is 4.79 Å². The van der Waals surface area contributed by atoms with Gasteiger partial charge in [0.25, 0.3) is 0 Å². The summed E-state index contributed by atoms with van der Waals surface area (Å²) in [4.78, 5) is 15.7. The summed E-state index contributed by atoms with van der Waals surface area (Å²) in [6, 6.07) is 0.783. The quantitative estimate of drug-likeness (QED) is 0.775. The summed E-state index contributed by atoms with van der Waals surface area (Å²) < 4.78 is 11.1. The van der Waals surface area contributed by atoms with E-state index in [0.717, 1.165) is 12.6 Å². The molecule has 21 heavy (non-hydrogen) atoms. The fraction of sp³-hybridized carbons (Fsp3) is 0.938. The lowest BCUT2D eigenvalue weighted by Gasteiger charge is -2.41. The number of carbonyl (C=O) groups excluding carboxylic acids is 1. The van der Waals surface area contributed by atoms with Crippen LogP contribution in [0, 0.1) is 5.92 Å². The van der Waals surface area contributed by atoms with E-state index in [0.29, 0.717) is 32.2 Å². The predicted molar refractivity (Wildman–Crippen MR) is 79.3 cm³/mol. The number of nitrogens with one attached hydrogen (secondary N) is 1. The first kappa shape index (κ1) is 15.3. The zero-order valence-corrected chi connectivity index (χ0v) is 13.0. The number of hydrogen-bond donors (Lipinski definition) is 1. The molecule has 0 aromatic carbocycles. The summed E-state index contributed by atoms with van der Waals surface area (Å²) >= 11 is 0. The maximum atomic E-state index is 12.1. The standard InChI is InChI=1S/C16H28N2O3/c19-16(18-8-10-20-11-9-18)13-21-12-14-4-3-7-17-6-2-1-5-15(14)17/h14-15H,1-13H2/p+1/t14-,15+/m1/s1. The van der Waals surface area contributed by atoms with Crippen molar-refractivity contribution in [2.45, 2.75) is 38.1 Å². The Hall–Kier alpha value is -0.650. The Morgan fingerprint density at radius 3 is 2.81 bits per heavy atom. The molecule has 0 radical (unpaired) electrons. The van der Waals surface area contributed by atoms with E-state index in [1.165, 1.54) is 45.2 Å². The number of fused-ring (bicyclic) bond motifs is 1. The number of quaternary nitrogens is 1. The molecule has 5 heteroatoms. The summed E-state index contributed by atoms with van der Waals surface area (Å²) in [6.07, 6.45) is 6.70. The number of carbonyl (C=O) groups is 1. The van der Waals surface area contributed by atoms with E-state index in [1.807, 2.05) is 4.90 Å². The molecule has 1 unspecified atom stereocenters. The first-order valence-corrected chi connectivity index (χ1v) is 8.62. The number of nitrogens with zero attached hydrogens (tertiary/aromatic N) is 1. The van der Waals surface area contributed by atoms with Crippen molar-refractivity contribution in [1.82, 2.24) is 4.90 Å². The lowest BCUT2D eigenvalue weighted by Crippen LogP contribution is -3.18. The Kier molecular flexibility index (Phi) is 5.49. The van der Waals surface area contributed by atoms with Gasteiger partial charge in [-0.05, 0) is 32.1 Å². The molecule has 3 rings (SSSR count). The topological polar surface area (TPSA) is 43.2 Å². The van der Waals surface area contributed by atoms with Gasteiger partial charge in [0.05, 0.1) is 39.0 Å². The first-order chi connectivity index (χ1) is 10.3. The minimum atomic E-state index is 0.127. The van der Waals surface area contributed by atoms with Crippen LogP contribution in [0.25, 0.3) is 0 Å². The Morgan fingerprint density at radius 1 is 1.14 bits per heavy atom. The predicted octanol–water partition coefficient (Wildman–Crippen LogP) is -0.291. The molecular weight excluding hydrogens is 268 g/mol. The molecule has 120 valence electrons. The van der Waals surface area contributed by atoms with Gasteiger partial charge in [0.2, 0.25) is 5.91 Å². The molecule has 3 heterocycles. The lowest BCUT2D eigenvalue weighted by molar-refractivity contribution is -0.940. The highest BCUT2D eigenvalue weighted by molar-refractivity contribution is 5.77. The summed E-state index contributed by atoms with van der Waals surface area (Å²) in [5.74, 6) is 0.786. The van der Waals surface area contributed by atoms with E-state index < -0.39 is 0 Å². The van der Waals surface area contributed by atoms with Gasteiger partial charge in [0, 0.05) is 19.0 Å². The minimum Gasteiger partial charge on any atom is -0.378 e. The van der Waals surface area contributed by atoms with Crippen molar-refractivity contribution in [2.24, 2.45) is 5.92 Å². The molecule has 5 nitrogen and oxygen atoms in total. The van der Waals surface area contributed by atoms with Gasteiger partial charge in [-0.2, -0.15) is 0 Å². The monoisotopic (exact) mass is 297 g/mol. The Bertz CT molecular complexity index is 342. The van der Waals surface area contributed by atoms with Crippen LogP contribution >= 0.6 is 0 Å². The van der Waals surface area contributed by atoms with Crippen LogP contribution in [0.2, 0.25) is 0 Å². The smallest absolute Gasteiger partial charge is 0.248 e. The SMILES string of the molecule is O=C(COC[C@H]1CCC[NH+]2CCCC[C@@H]12)N1CCOCC1. The fourth-order valence-corrected chi connectivity index (χ4v) is 4.18. The van der Waals surface area contributed by atoms with Crippen LogP contribution in [0.1, 0.15) is 32.1 Å². The molecule has 0 bridgehead atoms. The molecule has 3 fully saturated rings. The number of piperidine rings is 2. The summed E-state index contributed by atoms with van der Waals surface area (Å²) in [5.41, 5.74) is 0. The molecule has 0 saturated carbocycles. The van der Waals surface area contributed by atoms with E-state index in [9.17, 15) is 4.79 Å². The van der Waals surface area contributed by atoms with Crippen molar-refractivity contribution in [1.29, 1.82) is 0 Å². The molecule has 0 aromatic heterocycles. The molecule has 1 N–H and O–H groups in total. The van der Waals surface area contributed by atoms with Crippen LogP contribution in [0.3, 0.4) is 0 Å². The largest absolute Gasteiger partial charge is 0.378 e. The molecule has 0 aromatic rings. The Morgan fingerprint density at radius 2 is 1.95 bits per heavy atom. The van der Waals surface area contributed by atoms with Gasteiger partial charge in [-0.1, -0.05) is 0 Å². The zero-order valence-electron chi connectivity index (χ0n) is 13.0. The Labute approximate surface area is 127 Å². The van der Waals surface area contributed by atoms with E-state index in [1.54, 1.807) is 4.90 Å². The fourth-order valence-electron chi connectivity index (χ4n) is 4.18. The van der Waals surface area contributed by atoms with Gasteiger partial charge in [-0.15, -0.1) is 0 Å². The molecule has 0 aliphatic carbocycles. The third-order valence-corrected chi connectivity index (χ3v) is 5.35. The van der Waals surface area contributed by atoms with Crippen molar-refractivity contribution in [3.63, 3.8) is 0 Å². The van der Waals surface area contributed by atoms with E-state index in [2.05, 4.69) is 0 Å². The van der Waals surface area contributed by atoms with E-state index in [4.69, 9.17) is 9.47 Å².